The monoisotopic (exact) mass is 250 g/mol. The van der Waals surface area contributed by atoms with Gasteiger partial charge in [0.05, 0.1) is 6.04 Å². The van der Waals surface area contributed by atoms with E-state index in [-0.39, 0.29) is 23.9 Å². The minimum atomic E-state index is -0.615. The maximum Gasteiger partial charge on any atom is 0.237 e. The summed E-state index contributed by atoms with van der Waals surface area (Å²) in [5, 5.41) is 6.13. The molecule has 0 unspecified atom stereocenters. The third kappa shape index (κ3) is 2.58. The van der Waals surface area contributed by atoms with Gasteiger partial charge < -0.3 is 10.6 Å². The van der Waals surface area contributed by atoms with Gasteiger partial charge in [-0.15, -0.1) is 23.2 Å². The molecule has 0 spiro atoms. The van der Waals surface area contributed by atoms with Crippen LogP contribution in [0.25, 0.3) is 0 Å². The molecule has 1 heterocycles. The molecule has 2 fully saturated rings. The highest BCUT2D eigenvalue weighted by molar-refractivity contribution is 6.50. The van der Waals surface area contributed by atoms with Gasteiger partial charge in [0.1, 0.15) is 4.33 Å². The summed E-state index contributed by atoms with van der Waals surface area (Å²) >= 11 is 11.9. The van der Waals surface area contributed by atoms with Crippen molar-refractivity contribution in [2.45, 2.75) is 42.6 Å². The van der Waals surface area contributed by atoms with Crippen LogP contribution in [0.15, 0.2) is 0 Å². The van der Waals surface area contributed by atoms with E-state index in [2.05, 4.69) is 10.6 Å². The smallest absolute Gasteiger partial charge is 0.237 e. The molecule has 3 atom stereocenters. The number of halogens is 2. The first-order valence-electron chi connectivity index (χ1n) is 5.42. The van der Waals surface area contributed by atoms with E-state index in [0.29, 0.717) is 0 Å². The van der Waals surface area contributed by atoms with Crippen molar-refractivity contribution in [1.82, 2.24) is 10.6 Å². The first-order valence-corrected chi connectivity index (χ1v) is 6.18. The fourth-order valence-corrected chi connectivity index (χ4v) is 2.82. The molecule has 1 amide bonds. The molecule has 0 bridgehead atoms. The van der Waals surface area contributed by atoms with Crippen LogP contribution in [0, 0.1) is 5.92 Å². The first-order chi connectivity index (χ1) is 7.00. The van der Waals surface area contributed by atoms with Crippen molar-refractivity contribution in [3.05, 3.63) is 0 Å². The molecule has 0 aromatic rings. The fraction of sp³-hybridized carbons (Fsp3) is 0.900. The van der Waals surface area contributed by atoms with Gasteiger partial charge in [0.15, 0.2) is 0 Å². The molecular formula is C10H16Cl2N2O. The third-order valence-corrected chi connectivity index (χ3v) is 4.09. The van der Waals surface area contributed by atoms with Gasteiger partial charge in [0, 0.05) is 12.0 Å². The Morgan fingerprint density at radius 3 is 2.73 bits per heavy atom. The molecule has 0 aromatic carbocycles. The van der Waals surface area contributed by atoms with Crippen LogP contribution in [0.4, 0.5) is 0 Å². The number of hydrogen-bond acceptors (Lipinski definition) is 2. The maximum absolute atomic E-state index is 11.7. The Morgan fingerprint density at radius 1 is 1.60 bits per heavy atom. The van der Waals surface area contributed by atoms with Crippen LogP contribution >= 0.6 is 23.2 Å². The average molecular weight is 251 g/mol. The molecular weight excluding hydrogens is 235 g/mol. The Morgan fingerprint density at radius 2 is 2.27 bits per heavy atom. The van der Waals surface area contributed by atoms with Gasteiger partial charge >= 0.3 is 0 Å². The standard InChI is InChI=1S/C10H16Cl2N2O/c1-6(7-5-10(7,11)12)14-9(15)8-3-2-4-13-8/h6-8,13H,2-5H2,1H3,(H,14,15)/t6-,7-,8+/m1/s1. The number of hydrogen-bond donors (Lipinski definition) is 2. The summed E-state index contributed by atoms with van der Waals surface area (Å²) < 4.78 is -0.615. The highest BCUT2D eigenvalue weighted by Gasteiger charge is 2.54. The molecule has 1 saturated carbocycles. The predicted octanol–water partition coefficient (Wildman–Crippen LogP) is 1.44. The van der Waals surface area contributed by atoms with Crippen LogP contribution in [-0.4, -0.2) is 28.9 Å². The number of carbonyl (C=O) groups is 1. The molecule has 1 saturated heterocycles. The summed E-state index contributed by atoms with van der Waals surface area (Å²) in [5.41, 5.74) is 0. The minimum absolute atomic E-state index is 0.0220. The van der Waals surface area contributed by atoms with Crippen LogP contribution in [-0.2, 0) is 4.79 Å². The Kier molecular flexibility index (Phi) is 3.15. The Labute approximate surface area is 99.9 Å². The largest absolute Gasteiger partial charge is 0.352 e. The molecule has 0 radical (unpaired) electrons. The first kappa shape index (κ1) is 11.5. The SMILES string of the molecule is C[C@@H](NC(=O)[C@@H]1CCCN1)[C@H]1CC1(Cl)Cl. The molecule has 1 aliphatic heterocycles. The van der Waals surface area contributed by atoms with E-state index in [1.165, 1.54) is 0 Å². The van der Waals surface area contributed by atoms with Gasteiger partial charge in [-0.25, -0.2) is 0 Å². The molecule has 3 nitrogen and oxygen atoms in total. The third-order valence-electron chi connectivity index (χ3n) is 3.22. The van der Waals surface area contributed by atoms with E-state index >= 15 is 0 Å². The predicted molar refractivity (Wildman–Crippen MR) is 61.2 cm³/mol. The Hall–Kier alpha value is 0.01000. The van der Waals surface area contributed by atoms with Crippen LogP contribution in [0.5, 0.6) is 0 Å². The Balaban J connectivity index is 1.79. The van der Waals surface area contributed by atoms with Crippen molar-refractivity contribution in [3.63, 3.8) is 0 Å². The summed E-state index contributed by atoms with van der Waals surface area (Å²) in [6, 6.07) is 0.0427. The van der Waals surface area contributed by atoms with Crippen molar-refractivity contribution in [2.75, 3.05) is 6.54 Å². The summed E-state index contributed by atoms with van der Waals surface area (Å²) in [6.45, 7) is 2.90. The fourth-order valence-electron chi connectivity index (χ4n) is 2.11. The van der Waals surface area contributed by atoms with E-state index in [9.17, 15) is 4.79 Å². The minimum Gasteiger partial charge on any atom is -0.352 e. The highest BCUT2D eigenvalue weighted by Crippen LogP contribution is 2.54. The lowest BCUT2D eigenvalue weighted by atomic mass is 10.1. The summed E-state index contributed by atoms with van der Waals surface area (Å²) in [6.07, 6.45) is 2.77. The lowest BCUT2D eigenvalue weighted by Crippen LogP contribution is -2.45. The molecule has 0 aromatic heterocycles. The van der Waals surface area contributed by atoms with Crippen LogP contribution in [0.1, 0.15) is 26.2 Å². The van der Waals surface area contributed by atoms with Crippen molar-refractivity contribution < 1.29 is 4.79 Å². The molecule has 86 valence electrons. The van der Waals surface area contributed by atoms with E-state index in [4.69, 9.17) is 23.2 Å². The number of nitrogens with one attached hydrogen (secondary N) is 2. The lowest BCUT2D eigenvalue weighted by molar-refractivity contribution is -0.123. The van der Waals surface area contributed by atoms with Gasteiger partial charge in [0.2, 0.25) is 5.91 Å². The van der Waals surface area contributed by atoms with Crippen molar-refractivity contribution in [2.24, 2.45) is 5.92 Å². The molecule has 15 heavy (non-hydrogen) atoms. The zero-order valence-electron chi connectivity index (χ0n) is 8.72. The van der Waals surface area contributed by atoms with E-state index < -0.39 is 4.33 Å². The van der Waals surface area contributed by atoms with Gasteiger partial charge in [0.25, 0.3) is 0 Å². The lowest BCUT2D eigenvalue weighted by Gasteiger charge is -2.17. The summed E-state index contributed by atoms with van der Waals surface area (Å²) in [7, 11) is 0. The number of amides is 1. The number of rotatable bonds is 3. The number of alkyl halides is 2. The van der Waals surface area contributed by atoms with Crippen LogP contribution < -0.4 is 10.6 Å². The van der Waals surface area contributed by atoms with Gasteiger partial charge in [-0.2, -0.15) is 0 Å². The van der Waals surface area contributed by atoms with Crippen molar-refractivity contribution in [3.8, 4) is 0 Å². The molecule has 2 rings (SSSR count). The molecule has 2 aliphatic rings. The second-order valence-electron chi connectivity index (χ2n) is 4.52. The molecule has 2 N–H and O–H groups in total. The van der Waals surface area contributed by atoms with Crippen molar-refractivity contribution >= 4 is 29.1 Å². The topological polar surface area (TPSA) is 41.1 Å². The van der Waals surface area contributed by atoms with Crippen molar-refractivity contribution in [1.29, 1.82) is 0 Å². The van der Waals surface area contributed by atoms with Crippen LogP contribution in [0.2, 0.25) is 0 Å². The van der Waals surface area contributed by atoms with Crippen LogP contribution in [0.3, 0.4) is 0 Å². The summed E-state index contributed by atoms with van der Waals surface area (Å²) in [5.74, 6) is 0.280. The van der Waals surface area contributed by atoms with E-state index in [1.807, 2.05) is 6.92 Å². The average Bonchev–Trinajstić information content (AvgIpc) is 2.66. The van der Waals surface area contributed by atoms with Gasteiger partial charge in [-0.1, -0.05) is 0 Å². The number of carbonyl (C=O) groups excluding carboxylic acids is 1. The summed E-state index contributed by atoms with van der Waals surface area (Å²) in [4.78, 5) is 11.7. The Bertz CT molecular complexity index is 264. The zero-order valence-corrected chi connectivity index (χ0v) is 10.2. The van der Waals surface area contributed by atoms with Gasteiger partial charge in [-0.05, 0) is 32.7 Å². The highest BCUT2D eigenvalue weighted by atomic mass is 35.5. The van der Waals surface area contributed by atoms with E-state index in [1.54, 1.807) is 0 Å². The zero-order chi connectivity index (χ0) is 11.1. The normalized spacial score (nSPS) is 34.9. The quantitative estimate of drug-likeness (QED) is 0.745. The van der Waals surface area contributed by atoms with Gasteiger partial charge in [-0.3, -0.25) is 4.79 Å². The second-order valence-corrected chi connectivity index (χ2v) is 6.06. The molecule has 5 heteroatoms. The second kappa shape index (κ2) is 4.11. The molecule has 1 aliphatic carbocycles. The van der Waals surface area contributed by atoms with E-state index in [0.717, 1.165) is 25.8 Å². The maximum atomic E-state index is 11.7.